The average Bonchev–Trinajstić information content (AvgIpc) is 2.64. The maximum atomic E-state index is 12.8. The van der Waals surface area contributed by atoms with E-state index in [1.165, 1.54) is 12.1 Å². The average molecular weight is 399 g/mol. The molecule has 1 unspecified atom stereocenters. The molecule has 27 heavy (non-hydrogen) atoms. The zero-order valence-electron chi connectivity index (χ0n) is 16.3. The minimum absolute atomic E-state index is 0.0103. The molecule has 0 aliphatic carbocycles. The van der Waals surface area contributed by atoms with Crippen molar-refractivity contribution < 1.29 is 23.6 Å². The van der Waals surface area contributed by atoms with Crippen molar-refractivity contribution in [3.8, 4) is 0 Å². The maximum absolute atomic E-state index is 12.8. The molecule has 0 heterocycles. The van der Waals surface area contributed by atoms with Gasteiger partial charge < -0.3 is 14.2 Å². The van der Waals surface area contributed by atoms with Crippen molar-refractivity contribution in [2.45, 2.75) is 59.0 Å². The van der Waals surface area contributed by atoms with E-state index in [0.717, 1.165) is 24.8 Å². The van der Waals surface area contributed by atoms with E-state index in [-0.39, 0.29) is 5.69 Å². The molecule has 0 aliphatic rings. The highest BCUT2D eigenvalue weighted by Crippen LogP contribution is 2.51. The fraction of sp³-hybridized carbons (Fsp3) is 0.579. The van der Waals surface area contributed by atoms with Crippen LogP contribution in [0, 0.1) is 10.1 Å². The number of hydrogen-bond acceptors (Lipinski definition) is 6. The Bertz CT molecular complexity index is 649. The van der Waals surface area contributed by atoms with Crippen LogP contribution >= 0.6 is 7.60 Å². The molecule has 0 spiro atoms. The summed E-state index contributed by atoms with van der Waals surface area (Å²) in [7, 11) is -3.28. The molecule has 0 aromatic heterocycles. The summed E-state index contributed by atoms with van der Waals surface area (Å²) in [6.07, 6.45) is 2.91. The van der Waals surface area contributed by atoms with Crippen molar-refractivity contribution in [1.29, 1.82) is 0 Å². The van der Waals surface area contributed by atoms with Gasteiger partial charge in [-0.25, -0.2) is 0 Å². The number of nitro benzene ring substituents is 1. The third kappa shape index (κ3) is 8.35. The van der Waals surface area contributed by atoms with Crippen molar-refractivity contribution in [3.63, 3.8) is 0 Å². The molecule has 1 aromatic carbocycles. The van der Waals surface area contributed by atoms with Crippen molar-refractivity contribution >= 4 is 13.3 Å². The first kappa shape index (κ1) is 23.5. The van der Waals surface area contributed by atoms with E-state index < -0.39 is 18.6 Å². The topological polar surface area (TPSA) is 98.9 Å². The molecule has 1 atom stereocenters. The number of benzene rings is 1. The first-order valence-corrected chi connectivity index (χ1v) is 11.0. The highest BCUT2D eigenvalue weighted by atomic mass is 31.2. The van der Waals surface area contributed by atoms with Crippen LogP contribution in [0.5, 0.6) is 0 Å². The number of unbranched alkanes of at least 4 members (excludes halogenated alkanes) is 1. The van der Waals surface area contributed by atoms with Gasteiger partial charge in [0.05, 0.1) is 24.2 Å². The number of rotatable bonds is 13. The minimum Gasteiger partial charge on any atom is -0.388 e. The van der Waals surface area contributed by atoms with Crippen LogP contribution in [0.3, 0.4) is 0 Å². The van der Waals surface area contributed by atoms with Gasteiger partial charge in [0.1, 0.15) is 0 Å². The van der Waals surface area contributed by atoms with Gasteiger partial charge in [0, 0.05) is 17.9 Å². The van der Waals surface area contributed by atoms with E-state index in [0.29, 0.717) is 31.6 Å². The van der Waals surface area contributed by atoms with Crippen LogP contribution in [0.2, 0.25) is 0 Å². The van der Waals surface area contributed by atoms with Gasteiger partial charge in [-0.1, -0.05) is 18.9 Å². The molecule has 152 valence electrons. The molecule has 7 nitrogen and oxygen atoms in total. The van der Waals surface area contributed by atoms with Crippen LogP contribution in [0.4, 0.5) is 5.69 Å². The lowest BCUT2D eigenvalue weighted by molar-refractivity contribution is -0.384. The Morgan fingerprint density at radius 3 is 2.26 bits per heavy atom. The second kappa shape index (κ2) is 12.0. The molecular weight excluding hydrogens is 369 g/mol. The lowest BCUT2D eigenvalue weighted by Crippen LogP contribution is -2.00. The lowest BCUT2D eigenvalue weighted by Gasteiger charge is -2.17. The first-order valence-electron chi connectivity index (χ1n) is 9.37. The quantitative estimate of drug-likeness (QED) is 0.258. The first-order chi connectivity index (χ1) is 12.8. The van der Waals surface area contributed by atoms with Gasteiger partial charge >= 0.3 is 7.60 Å². The minimum atomic E-state index is -3.28. The molecule has 0 saturated heterocycles. The summed E-state index contributed by atoms with van der Waals surface area (Å²) in [6.45, 7) is 6.20. The molecule has 0 radical (unpaired) electrons. The monoisotopic (exact) mass is 399 g/mol. The Morgan fingerprint density at radius 2 is 1.78 bits per heavy atom. The molecule has 0 saturated carbocycles. The van der Waals surface area contributed by atoms with Crippen LogP contribution in [0.25, 0.3) is 0 Å². The number of non-ortho nitro benzene ring substituents is 1. The Kier molecular flexibility index (Phi) is 10.5. The summed E-state index contributed by atoms with van der Waals surface area (Å²) in [5, 5.41) is 21.1. The summed E-state index contributed by atoms with van der Waals surface area (Å²) >= 11 is 0. The van der Waals surface area contributed by atoms with Crippen LogP contribution in [-0.2, 0) is 13.6 Å². The summed E-state index contributed by atoms with van der Waals surface area (Å²) in [5.74, 6) is 1.60. The molecule has 0 fully saturated rings. The molecule has 1 aromatic rings. The third-order valence-electron chi connectivity index (χ3n) is 4.04. The Balaban J connectivity index is 2.84. The van der Waals surface area contributed by atoms with Gasteiger partial charge in [-0.05, 0) is 57.2 Å². The fourth-order valence-corrected chi connectivity index (χ4v) is 4.31. The lowest BCUT2D eigenvalue weighted by atomic mass is 9.99. The van der Waals surface area contributed by atoms with Crippen molar-refractivity contribution in [1.82, 2.24) is 0 Å². The van der Waals surface area contributed by atoms with E-state index >= 15 is 0 Å². The molecule has 1 rings (SSSR count). The molecular formula is C19H30NO6P. The van der Waals surface area contributed by atoms with Gasteiger partial charge in [-0.2, -0.15) is 0 Å². The second-order valence-corrected chi connectivity index (χ2v) is 8.02. The van der Waals surface area contributed by atoms with Crippen LogP contribution in [-0.4, -0.2) is 23.2 Å². The molecule has 0 bridgehead atoms. The van der Waals surface area contributed by atoms with E-state index in [2.05, 4.69) is 6.92 Å². The maximum Gasteiger partial charge on any atom is 0.354 e. The highest BCUT2D eigenvalue weighted by Gasteiger charge is 2.21. The summed E-state index contributed by atoms with van der Waals surface area (Å²) in [5.41, 5.74) is 1.54. The molecule has 0 amide bonds. The van der Waals surface area contributed by atoms with Gasteiger partial charge in [-0.3, -0.25) is 14.7 Å². The Morgan fingerprint density at radius 1 is 1.19 bits per heavy atom. The van der Waals surface area contributed by atoms with E-state index in [1.54, 1.807) is 31.8 Å². The number of aliphatic hydroxyl groups excluding tert-OH is 1. The van der Waals surface area contributed by atoms with Crippen molar-refractivity contribution in [2.75, 3.05) is 13.2 Å². The summed E-state index contributed by atoms with van der Waals surface area (Å²) in [6, 6.07) is 5.88. The summed E-state index contributed by atoms with van der Waals surface area (Å²) < 4.78 is 23.4. The zero-order valence-corrected chi connectivity index (χ0v) is 17.2. The van der Waals surface area contributed by atoms with E-state index in [4.69, 9.17) is 9.05 Å². The zero-order chi connectivity index (χ0) is 20.3. The molecule has 0 aliphatic heterocycles. The largest absolute Gasteiger partial charge is 0.388 e. The van der Waals surface area contributed by atoms with Gasteiger partial charge in [0.25, 0.3) is 5.69 Å². The van der Waals surface area contributed by atoms with Gasteiger partial charge in [0.2, 0.25) is 0 Å². The molecule has 8 heteroatoms. The van der Waals surface area contributed by atoms with Gasteiger partial charge in [0.15, 0.2) is 0 Å². The van der Waals surface area contributed by atoms with Crippen LogP contribution in [0.1, 0.15) is 64.5 Å². The number of aliphatic hydroxyl groups is 1. The standard InChI is InChI=1S/C19H30NO6P/c1-4-7-8-16(15-27(24,25-5-2)26-6-3)9-14-19(21)17-10-12-18(13-11-17)20(22)23/h10-13,15,19,21H,4-9,14H2,1-3H3/b16-15+. The number of allylic oxidation sites excluding steroid dienone is 1. The Labute approximate surface area is 161 Å². The predicted molar refractivity (Wildman–Crippen MR) is 106 cm³/mol. The van der Waals surface area contributed by atoms with Crippen LogP contribution < -0.4 is 0 Å². The summed E-state index contributed by atoms with van der Waals surface area (Å²) in [4.78, 5) is 10.3. The second-order valence-electron chi connectivity index (χ2n) is 6.17. The van der Waals surface area contributed by atoms with Crippen molar-refractivity contribution in [2.24, 2.45) is 0 Å². The highest BCUT2D eigenvalue weighted by molar-refractivity contribution is 7.57. The van der Waals surface area contributed by atoms with Crippen LogP contribution in [0.15, 0.2) is 35.7 Å². The SMILES string of the molecule is CCCC/C(=C\P(=O)(OCC)OCC)CCC(O)c1ccc([N+](=O)[O-])cc1. The fourth-order valence-electron chi connectivity index (χ4n) is 2.66. The number of hydrogen-bond donors (Lipinski definition) is 1. The third-order valence-corrected chi connectivity index (χ3v) is 5.96. The van der Waals surface area contributed by atoms with Gasteiger partial charge in [-0.15, -0.1) is 0 Å². The number of nitro groups is 1. The van der Waals surface area contributed by atoms with E-state index in [1.807, 2.05) is 0 Å². The smallest absolute Gasteiger partial charge is 0.354 e. The Hall–Kier alpha value is -1.53. The molecule has 1 N–H and O–H groups in total. The normalized spacial score (nSPS) is 13.6. The number of nitrogens with zero attached hydrogens (tertiary/aromatic N) is 1. The predicted octanol–water partition coefficient (Wildman–Crippen LogP) is 5.75. The van der Waals surface area contributed by atoms with Crippen molar-refractivity contribution in [3.05, 3.63) is 51.3 Å². The van der Waals surface area contributed by atoms with E-state index in [9.17, 15) is 19.8 Å².